The number of alkyl carbamates (subject to hydrolysis) is 1. The highest BCUT2D eigenvalue weighted by molar-refractivity contribution is 7.80. The summed E-state index contributed by atoms with van der Waals surface area (Å²) in [4.78, 5) is 19.6. The number of likely N-dealkylation sites (tertiary alicyclic amines) is 1. The molecule has 2 aromatic rings. The van der Waals surface area contributed by atoms with E-state index in [-0.39, 0.29) is 18.1 Å². The van der Waals surface area contributed by atoms with Crippen LogP contribution in [0.3, 0.4) is 0 Å². The monoisotopic (exact) mass is 526 g/mol. The average molecular weight is 527 g/mol. The molecule has 1 spiro atoms. The second kappa shape index (κ2) is 10.3. The van der Waals surface area contributed by atoms with Crippen LogP contribution in [0.4, 0.5) is 23.7 Å². The Bertz CT molecular complexity index is 1120. The van der Waals surface area contributed by atoms with Gasteiger partial charge in [-0.2, -0.15) is 13.2 Å². The maximum Gasteiger partial charge on any atom is 0.416 e. The van der Waals surface area contributed by atoms with Gasteiger partial charge in [-0.3, -0.25) is 0 Å². The van der Waals surface area contributed by atoms with E-state index in [0.29, 0.717) is 42.5 Å². The highest BCUT2D eigenvalue weighted by Gasteiger charge is 2.44. The number of hydrogen-bond acceptors (Lipinski definition) is 5. The SMILES string of the molecule is O=C(NCc1ccc(Cl)cc1)OC1=NOC2(CCN(C(=S)Nc3cccc(C(F)(F)F)c3)CC2)C1. The molecule has 2 aromatic carbocycles. The van der Waals surface area contributed by atoms with E-state index in [9.17, 15) is 18.0 Å². The van der Waals surface area contributed by atoms with Gasteiger partial charge in [0, 0.05) is 43.2 Å². The van der Waals surface area contributed by atoms with Gasteiger partial charge in [0.15, 0.2) is 5.11 Å². The summed E-state index contributed by atoms with van der Waals surface area (Å²) in [7, 11) is 0. The minimum absolute atomic E-state index is 0.191. The Hall–Kier alpha value is -3.05. The maximum absolute atomic E-state index is 12.9. The van der Waals surface area contributed by atoms with E-state index in [2.05, 4.69) is 15.8 Å². The Morgan fingerprint density at radius 1 is 1.20 bits per heavy atom. The van der Waals surface area contributed by atoms with Gasteiger partial charge in [0.1, 0.15) is 5.60 Å². The molecule has 1 saturated heterocycles. The number of carbonyl (C=O) groups is 1. The van der Waals surface area contributed by atoms with Crippen molar-refractivity contribution >= 4 is 46.6 Å². The van der Waals surface area contributed by atoms with Gasteiger partial charge in [0.2, 0.25) is 5.90 Å². The number of rotatable bonds is 3. The number of benzene rings is 2. The first kappa shape index (κ1) is 25.1. The Morgan fingerprint density at radius 3 is 2.60 bits per heavy atom. The highest BCUT2D eigenvalue weighted by atomic mass is 35.5. The van der Waals surface area contributed by atoms with E-state index >= 15 is 0 Å². The van der Waals surface area contributed by atoms with Crippen LogP contribution in [0.1, 0.15) is 30.4 Å². The minimum Gasteiger partial charge on any atom is -0.392 e. The van der Waals surface area contributed by atoms with Crippen molar-refractivity contribution in [3.63, 3.8) is 0 Å². The van der Waals surface area contributed by atoms with Crippen molar-refractivity contribution in [3.05, 3.63) is 64.7 Å². The van der Waals surface area contributed by atoms with Crippen molar-refractivity contribution in [2.45, 2.75) is 37.6 Å². The summed E-state index contributed by atoms with van der Waals surface area (Å²) in [5.41, 5.74) is -0.210. The van der Waals surface area contributed by atoms with E-state index in [0.717, 1.165) is 17.7 Å². The first-order valence-electron chi connectivity index (χ1n) is 10.8. The molecule has 2 aliphatic heterocycles. The molecule has 0 aromatic heterocycles. The Balaban J connectivity index is 1.22. The average Bonchev–Trinajstić information content (AvgIpc) is 3.20. The summed E-state index contributed by atoms with van der Waals surface area (Å²) in [6.07, 6.45) is -3.62. The second-order valence-electron chi connectivity index (χ2n) is 8.30. The number of ether oxygens (including phenoxy) is 1. The number of carbonyl (C=O) groups excluding carboxylic acids is 1. The molecule has 7 nitrogen and oxygen atoms in total. The highest BCUT2D eigenvalue weighted by Crippen LogP contribution is 2.35. The Morgan fingerprint density at radius 2 is 1.91 bits per heavy atom. The zero-order valence-electron chi connectivity index (χ0n) is 18.4. The van der Waals surface area contributed by atoms with Gasteiger partial charge < -0.3 is 25.1 Å². The number of oxime groups is 1. The maximum atomic E-state index is 12.9. The van der Waals surface area contributed by atoms with Crippen LogP contribution in [0.15, 0.2) is 53.7 Å². The quantitative estimate of drug-likeness (QED) is 0.511. The first-order valence-corrected chi connectivity index (χ1v) is 11.6. The fraction of sp³-hybridized carbons (Fsp3) is 0.348. The molecule has 0 atom stereocenters. The molecule has 2 heterocycles. The van der Waals surface area contributed by atoms with E-state index in [1.165, 1.54) is 12.1 Å². The molecule has 1 amide bonds. The van der Waals surface area contributed by atoms with Crippen LogP contribution in [0.2, 0.25) is 5.02 Å². The Kier molecular flexibility index (Phi) is 7.36. The van der Waals surface area contributed by atoms with Crippen LogP contribution in [-0.2, 0) is 22.3 Å². The number of alkyl halides is 3. The molecule has 12 heteroatoms. The first-order chi connectivity index (χ1) is 16.6. The predicted molar refractivity (Wildman–Crippen MR) is 129 cm³/mol. The van der Waals surface area contributed by atoms with Gasteiger partial charge in [-0.25, -0.2) is 4.79 Å². The largest absolute Gasteiger partial charge is 0.416 e. The summed E-state index contributed by atoms with van der Waals surface area (Å²) < 4.78 is 44.1. The van der Waals surface area contributed by atoms with E-state index < -0.39 is 23.4 Å². The Labute approximate surface area is 210 Å². The van der Waals surface area contributed by atoms with Crippen LogP contribution in [-0.4, -0.2) is 40.7 Å². The number of amides is 1. The normalized spacial score (nSPS) is 16.9. The fourth-order valence-electron chi connectivity index (χ4n) is 3.82. The molecule has 0 bridgehead atoms. The lowest BCUT2D eigenvalue weighted by Gasteiger charge is -2.38. The van der Waals surface area contributed by atoms with E-state index in [1.807, 2.05) is 4.90 Å². The molecule has 35 heavy (non-hydrogen) atoms. The van der Waals surface area contributed by atoms with E-state index in [1.54, 1.807) is 24.3 Å². The summed E-state index contributed by atoms with van der Waals surface area (Å²) in [5.74, 6) is 0.191. The number of hydrogen-bond donors (Lipinski definition) is 2. The van der Waals surface area contributed by atoms with Crippen LogP contribution >= 0.6 is 23.8 Å². The van der Waals surface area contributed by atoms with Crippen LogP contribution in [0.25, 0.3) is 0 Å². The van der Waals surface area contributed by atoms with Gasteiger partial charge in [0.25, 0.3) is 0 Å². The molecular formula is C23H22ClF3N4O3S. The fourth-order valence-corrected chi connectivity index (χ4v) is 4.25. The second-order valence-corrected chi connectivity index (χ2v) is 9.12. The van der Waals surface area contributed by atoms with E-state index in [4.69, 9.17) is 33.4 Å². The third-order valence-corrected chi connectivity index (χ3v) is 6.39. The summed E-state index contributed by atoms with van der Waals surface area (Å²) in [6, 6.07) is 12.0. The van der Waals surface area contributed by atoms with Gasteiger partial charge in [-0.15, -0.1) is 0 Å². The van der Waals surface area contributed by atoms with Gasteiger partial charge >= 0.3 is 12.3 Å². The molecule has 2 aliphatic rings. The van der Waals surface area contributed by atoms with Gasteiger partial charge in [-0.1, -0.05) is 35.0 Å². The predicted octanol–water partition coefficient (Wildman–Crippen LogP) is 5.55. The molecule has 1 fully saturated rings. The third kappa shape index (κ3) is 6.55. The van der Waals surface area contributed by atoms with Crippen LogP contribution in [0.5, 0.6) is 0 Å². The van der Waals surface area contributed by atoms with Gasteiger partial charge in [-0.05, 0) is 48.1 Å². The number of piperidine rings is 1. The van der Waals surface area contributed by atoms with Crippen LogP contribution < -0.4 is 10.6 Å². The van der Waals surface area contributed by atoms with Crippen molar-refractivity contribution in [2.75, 3.05) is 18.4 Å². The third-order valence-electron chi connectivity index (χ3n) is 5.78. The standard InChI is InChI=1S/C23H22ClF3N4O3S/c24-17-6-4-15(5-7-17)14-28-21(32)33-19-13-22(34-30-19)8-10-31(11-9-22)20(35)29-18-3-1-2-16(12-18)23(25,26)27/h1-7,12H,8-11,13-14H2,(H,28,32)(H,29,35). The molecule has 2 N–H and O–H groups in total. The molecule has 0 saturated carbocycles. The smallest absolute Gasteiger partial charge is 0.392 e. The lowest BCUT2D eigenvalue weighted by atomic mass is 9.88. The summed E-state index contributed by atoms with van der Waals surface area (Å²) >= 11 is 11.2. The molecule has 0 radical (unpaired) electrons. The number of nitrogens with one attached hydrogen (secondary N) is 2. The van der Waals surface area contributed by atoms with Crippen molar-refractivity contribution in [1.29, 1.82) is 0 Å². The molecule has 186 valence electrons. The zero-order chi connectivity index (χ0) is 25.1. The summed E-state index contributed by atoms with van der Waals surface area (Å²) in [6.45, 7) is 1.30. The lowest BCUT2D eigenvalue weighted by Crippen LogP contribution is -2.48. The van der Waals surface area contributed by atoms with Crippen LogP contribution in [0, 0.1) is 0 Å². The number of anilines is 1. The van der Waals surface area contributed by atoms with Crippen molar-refractivity contribution in [3.8, 4) is 0 Å². The zero-order valence-corrected chi connectivity index (χ0v) is 20.0. The van der Waals surface area contributed by atoms with Gasteiger partial charge in [0.05, 0.1) is 12.0 Å². The number of halogens is 4. The lowest BCUT2D eigenvalue weighted by molar-refractivity contribution is -0.137. The van der Waals surface area contributed by atoms with Crippen molar-refractivity contribution in [2.24, 2.45) is 5.16 Å². The van der Waals surface area contributed by atoms with Crippen molar-refractivity contribution < 1.29 is 27.5 Å². The summed E-state index contributed by atoms with van der Waals surface area (Å²) in [5, 5.41) is 10.4. The number of nitrogens with zero attached hydrogens (tertiary/aromatic N) is 2. The topological polar surface area (TPSA) is 75.2 Å². The molecule has 0 unspecified atom stereocenters. The number of thiocarbonyl (C=S) groups is 1. The molecule has 0 aliphatic carbocycles. The minimum atomic E-state index is -4.43. The molecule has 4 rings (SSSR count). The van der Waals surface area contributed by atoms with Crippen molar-refractivity contribution in [1.82, 2.24) is 10.2 Å². The molecular weight excluding hydrogens is 505 g/mol.